The lowest BCUT2D eigenvalue weighted by Gasteiger charge is -2.12. The molecule has 3 rings (SSSR count). The summed E-state index contributed by atoms with van der Waals surface area (Å²) in [5, 5.41) is 10.7. The van der Waals surface area contributed by atoms with Gasteiger partial charge in [-0.1, -0.05) is 35.3 Å². The van der Waals surface area contributed by atoms with Gasteiger partial charge in [0.15, 0.2) is 11.5 Å². The SMILES string of the molecule is COc1cc(Cl)cc(/C=C2/SC(=O)N(Cc3ccc(Cl)cc3)C2=O)c1O. The van der Waals surface area contributed by atoms with Crippen molar-refractivity contribution in [3.05, 3.63) is 62.5 Å². The van der Waals surface area contributed by atoms with Crippen molar-refractivity contribution in [3.63, 3.8) is 0 Å². The van der Waals surface area contributed by atoms with Gasteiger partial charge < -0.3 is 9.84 Å². The van der Waals surface area contributed by atoms with Gasteiger partial charge in [-0.2, -0.15) is 0 Å². The van der Waals surface area contributed by atoms with Crippen molar-refractivity contribution in [1.82, 2.24) is 4.90 Å². The number of carbonyl (C=O) groups excluding carboxylic acids is 2. The second-order valence-electron chi connectivity index (χ2n) is 5.44. The van der Waals surface area contributed by atoms with E-state index in [4.69, 9.17) is 27.9 Å². The predicted molar refractivity (Wildman–Crippen MR) is 103 cm³/mol. The van der Waals surface area contributed by atoms with Gasteiger partial charge in [0.1, 0.15) is 0 Å². The van der Waals surface area contributed by atoms with Crippen LogP contribution in [0.15, 0.2) is 41.3 Å². The summed E-state index contributed by atoms with van der Waals surface area (Å²) >= 11 is 12.7. The van der Waals surface area contributed by atoms with Gasteiger partial charge in [-0.3, -0.25) is 14.5 Å². The normalized spacial score (nSPS) is 15.8. The van der Waals surface area contributed by atoms with E-state index in [-0.39, 0.29) is 28.2 Å². The van der Waals surface area contributed by atoms with Gasteiger partial charge in [0.05, 0.1) is 18.6 Å². The van der Waals surface area contributed by atoms with E-state index in [0.717, 1.165) is 22.2 Å². The number of thioether (sulfide) groups is 1. The van der Waals surface area contributed by atoms with Crippen molar-refractivity contribution in [1.29, 1.82) is 0 Å². The molecule has 1 saturated heterocycles. The zero-order valence-electron chi connectivity index (χ0n) is 13.5. The van der Waals surface area contributed by atoms with Crippen LogP contribution in [0.4, 0.5) is 4.79 Å². The van der Waals surface area contributed by atoms with Gasteiger partial charge in [-0.15, -0.1) is 0 Å². The molecule has 1 aliphatic rings. The second kappa shape index (κ2) is 7.61. The van der Waals surface area contributed by atoms with Crippen LogP contribution in [-0.2, 0) is 11.3 Å². The fourth-order valence-electron chi connectivity index (χ4n) is 2.41. The average Bonchev–Trinajstić information content (AvgIpc) is 2.87. The van der Waals surface area contributed by atoms with Gasteiger partial charge in [0.25, 0.3) is 11.1 Å². The summed E-state index contributed by atoms with van der Waals surface area (Å²) in [4.78, 5) is 26.1. The van der Waals surface area contributed by atoms with Crippen LogP contribution in [0.1, 0.15) is 11.1 Å². The number of hydrogen-bond donors (Lipinski definition) is 1. The first-order chi connectivity index (χ1) is 12.4. The third kappa shape index (κ3) is 3.82. The largest absolute Gasteiger partial charge is 0.504 e. The molecule has 0 bridgehead atoms. The first-order valence-corrected chi connectivity index (χ1v) is 9.02. The number of ether oxygens (including phenoxy) is 1. The Hall–Kier alpha value is -2.15. The van der Waals surface area contributed by atoms with Crippen molar-refractivity contribution in [2.75, 3.05) is 7.11 Å². The van der Waals surface area contributed by atoms with Gasteiger partial charge in [0, 0.05) is 21.7 Å². The van der Waals surface area contributed by atoms with E-state index in [9.17, 15) is 14.7 Å². The molecule has 134 valence electrons. The summed E-state index contributed by atoms with van der Waals surface area (Å²) in [6, 6.07) is 9.85. The van der Waals surface area contributed by atoms with E-state index in [1.165, 1.54) is 25.3 Å². The molecule has 0 radical (unpaired) electrons. The molecule has 0 unspecified atom stereocenters. The van der Waals surface area contributed by atoms with Gasteiger partial charge in [-0.05, 0) is 41.6 Å². The van der Waals surface area contributed by atoms with E-state index < -0.39 is 5.91 Å². The Labute approximate surface area is 164 Å². The quantitative estimate of drug-likeness (QED) is 0.723. The number of halogens is 2. The minimum Gasteiger partial charge on any atom is -0.504 e. The molecule has 1 N–H and O–H groups in total. The highest BCUT2D eigenvalue weighted by atomic mass is 35.5. The van der Waals surface area contributed by atoms with E-state index >= 15 is 0 Å². The zero-order chi connectivity index (χ0) is 18.8. The van der Waals surface area contributed by atoms with Crippen LogP contribution in [-0.4, -0.2) is 28.3 Å². The van der Waals surface area contributed by atoms with Crippen molar-refractivity contribution >= 4 is 52.2 Å². The standard InChI is InChI=1S/C18H13Cl2NO4S/c1-25-14-8-13(20)6-11(16(14)22)7-15-17(23)21(18(24)26-15)9-10-2-4-12(19)5-3-10/h2-8,22H,9H2,1H3/b15-7+. The summed E-state index contributed by atoms with van der Waals surface area (Å²) in [6.45, 7) is 0.143. The van der Waals surface area contributed by atoms with Gasteiger partial charge in [-0.25, -0.2) is 0 Å². The number of benzene rings is 2. The molecule has 0 aliphatic carbocycles. The summed E-state index contributed by atoms with van der Waals surface area (Å²) in [6.07, 6.45) is 1.43. The number of phenolic OH excluding ortho intramolecular Hbond substituents is 1. The number of hydrogen-bond acceptors (Lipinski definition) is 5. The summed E-state index contributed by atoms with van der Waals surface area (Å²) in [5.41, 5.74) is 1.08. The number of rotatable bonds is 4. The maximum absolute atomic E-state index is 12.6. The van der Waals surface area contributed by atoms with Gasteiger partial charge in [0.2, 0.25) is 0 Å². The molecule has 26 heavy (non-hydrogen) atoms. The fraction of sp³-hybridized carbons (Fsp3) is 0.111. The zero-order valence-corrected chi connectivity index (χ0v) is 15.9. The Balaban J connectivity index is 1.88. The maximum atomic E-state index is 12.6. The molecular weight excluding hydrogens is 397 g/mol. The maximum Gasteiger partial charge on any atom is 0.293 e. The molecule has 1 heterocycles. The summed E-state index contributed by atoms with van der Waals surface area (Å²) in [5.74, 6) is -0.404. The molecule has 0 aromatic heterocycles. The first-order valence-electron chi connectivity index (χ1n) is 7.45. The second-order valence-corrected chi connectivity index (χ2v) is 7.31. The third-order valence-electron chi connectivity index (χ3n) is 3.70. The monoisotopic (exact) mass is 409 g/mol. The molecule has 1 fully saturated rings. The Kier molecular flexibility index (Phi) is 5.46. The van der Waals surface area contributed by atoms with Crippen molar-refractivity contribution in [3.8, 4) is 11.5 Å². The van der Waals surface area contributed by atoms with Crippen LogP contribution < -0.4 is 4.74 Å². The molecule has 2 aromatic carbocycles. The van der Waals surface area contributed by atoms with E-state index in [2.05, 4.69) is 0 Å². The Bertz CT molecular complexity index is 912. The minimum atomic E-state index is -0.437. The van der Waals surface area contributed by atoms with Crippen LogP contribution in [0.3, 0.4) is 0 Å². The third-order valence-corrected chi connectivity index (χ3v) is 5.08. The van der Waals surface area contributed by atoms with Crippen LogP contribution in [0.2, 0.25) is 10.0 Å². The Morgan fingerprint density at radius 1 is 1.15 bits per heavy atom. The lowest BCUT2D eigenvalue weighted by atomic mass is 10.1. The smallest absolute Gasteiger partial charge is 0.293 e. The summed E-state index contributed by atoms with van der Waals surface area (Å²) < 4.78 is 5.05. The number of aromatic hydroxyl groups is 1. The van der Waals surface area contributed by atoms with Crippen molar-refractivity contribution < 1.29 is 19.4 Å². The highest BCUT2D eigenvalue weighted by Gasteiger charge is 2.35. The number of nitrogens with zero attached hydrogens (tertiary/aromatic N) is 1. The molecule has 0 saturated carbocycles. The molecule has 2 amide bonds. The molecule has 5 nitrogen and oxygen atoms in total. The first kappa shape index (κ1) is 18.6. The molecule has 2 aromatic rings. The topological polar surface area (TPSA) is 66.8 Å². The lowest BCUT2D eigenvalue weighted by molar-refractivity contribution is -0.123. The molecule has 0 atom stereocenters. The molecule has 8 heteroatoms. The van der Waals surface area contributed by atoms with Crippen molar-refractivity contribution in [2.24, 2.45) is 0 Å². The number of methoxy groups -OCH3 is 1. The highest BCUT2D eigenvalue weighted by Crippen LogP contribution is 2.38. The van der Waals surface area contributed by atoms with Crippen LogP contribution in [0.5, 0.6) is 11.5 Å². The lowest BCUT2D eigenvalue weighted by Crippen LogP contribution is -2.27. The van der Waals surface area contributed by atoms with Crippen molar-refractivity contribution in [2.45, 2.75) is 6.54 Å². The molecular formula is C18H13Cl2NO4S. The fourth-order valence-corrected chi connectivity index (χ4v) is 3.58. The number of phenols is 1. The molecule has 1 aliphatic heterocycles. The predicted octanol–water partition coefficient (Wildman–Crippen LogP) is 4.94. The molecule has 0 spiro atoms. The Morgan fingerprint density at radius 3 is 2.50 bits per heavy atom. The van der Waals surface area contributed by atoms with E-state index in [1.807, 2.05) is 0 Å². The van der Waals surface area contributed by atoms with Gasteiger partial charge >= 0.3 is 0 Å². The van der Waals surface area contributed by atoms with E-state index in [0.29, 0.717) is 15.6 Å². The van der Waals surface area contributed by atoms with Crippen LogP contribution >= 0.6 is 35.0 Å². The number of carbonyl (C=O) groups is 2. The Morgan fingerprint density at radius 2 is 1.85 bits per heavy atom. The minimum absolute atomic E-state index is 0.143. The van der Waals surface area contributed by atoms with Crippen LogP contribution in [0, 0.1) is 0 Å². The number of amides is 2. The highest BCUT2D eigenvalue weighted by molar-refractivity contribution is 8.18. The number of imide groups is 1. The van der Waals surface area contributed by atoms with E-state index in [1.54, 1.807) is 24.3 Å². The van der Waals surface area contributed by atoms with Crippen LogP contribution in [0.25, 0.3) is 6.08 Å². The summed E-state index contributed by atoms with van der Waals surface area (Å²) in [7, 11) is 1.40. The average molecular weight is 410 g/mol.